The number of rotatable bonds is 7. The van der Waals surface area contributed by atoms with Crippen molar-refractivity contribution in [3.05, 3.63) is 224 Å². The van der Waals surface area contributed by atoms with Gasteiger partial charge in [-0.15, -0.1) is 11.3 Å². The number of fused-ring (bicyclic) bond motifs is 7. The Morgan fingerprint density at radius 2 is 0.852 bits per heavy atom. The number of benzene rings is 10. The van der Waals surface area contributed by atoms with Crippen LogP contribution in [0.5, 0.6) is 0 Å². The second-order valence-corrected chi connectivity index (χ2v) is 16.7. The highest BCUT2D eigenvalue weighted by molar-refractivity contribution is 7.26. The lowest BCUT2D eigenvalue weighted by atomic mass is 9.97. The summed E-state index contributed by atoms with van der Waals surface area (Å²) >= 11 is 1.87. The molecule has 2 nitrogen and oxygen atoms in total. The van der Waals surface area contributed by atoms with Gasteiger partial charge in [-0.25, -0.2) is 0 Å². The SMILES string of the molecule is c1ccc(N(c2ccc(-c3ccc(-c4ccc5ccccc5c4)cc3)cc2)c2ccc(-c3ccc4c(c3)oc3ccccc34)cc2)c(-c2cccc3c2sc2ccccc23)c1. The lowest BCUT2D eigenvalue weighted by molar-refractivity contribution is 0.669. The van der Waals surface area contributed by atoms with Crippen LogP contribution in [0.1, 0.15) is 0 Å². The van der Waals surface area contributed by atoms with Crippen LogP contribution >= 0.6 is 11.3 Å². The minimum atomic E-state index is 0.900. The molecule has 3 heteroatoms. The van der Waals surface area contributed by atoms with Crippen LogP contribution in [0.4, 0.5) is 17.1 Å². The second-order valence-electron chi connectivity index (χ2n) is 15.7. The third kappa shape index (κ3) is 6.18. The Balaban J connectivity index is 0.942. The topological polar surface area (TPSA) is 16.4 Å². The first-order valence-corrected chi connectivity index (χ1v) is 21.5. The summed E-state index contributed by atoms with van der Waals surface area (Å²) in [7, 11) is 0. The standard InChI is InChI=1S/C58H37NOS/c1-2-11-43-36-44(25-24-38(43)10-1)41-22-20-39(21-23-41)40-26-31-46(32-27-40)59(47-33-28-42(29-34-47)45-30-35-50-49-13-4-7-18-55(49)60-56(50)37-45)54-17-6-3-12-48(54)52-15-9-16-53-51-14-5-8-19-57(51)61-58(52)53/h1-37H. The van der Waals surface area contributed by atoms with E-state index in [0.717, 1.165) is 50.1 Å². The van der Waals surface area contributed by atoms with Crippen molar-refractivity contribution in [2.45, 2.75) is 0 Å². The number of thiophene rings is 1. The zero-order valence-corrected chi connectivity index (χ0v) is 33.9. The fraction of sp³-hybridized carbons (Fsp3) is 0. The molecule has 0 aliphatic rings. The molecule has 0 fully saturated rings. The summed E-state index contributed by atoms with van der Waals surface area (Å²) in [5, 5.41) is 7.39. The van der Waals surface area contributed by atoms with Crippen molar-refractivity contribution in [3.63, 3.8) is 0 Å². The molecular weight excluding hydrogens is 759 g/mol. The van der Waals surface area contributed by atoms with E-state index in [-0.39, 0.29) is 0 Å². The van der Waals surface area contributed by atoms with Gasteiger partial charge < -0.3 is 9.32 Å². The van der Waals surface area contributed by atoms with Gasteiger partial charge in [0.05, 0.1) is 5.69 Å². The molecule has 2 aromatic heterocycles. The highest BCUT2D eigenvalue weighted by Gasteiger charge is 2.20. The van der Waals surface area contributed by atoms with Crippen LogP contribution in [-0.2, 0) is 0 Å². The highest BCUT2D eigenvalue weighted by atomic mass is 32.1. The maximum absolute atomic E-state index is 6.27. The molecule has 2 heterocycles. The quantitative estimate of drug-likeness (QED) is 0.160. The van der Waals surface area contributed by atoms with Crippen molar-refractivity contribution in [3.8, 4) is 44.5 Å². The van der Waals surface area contributed by atoms with E-state index in [4.69, 9.17) is 4.42 Å². The molecule has 0 N–H and O–H groups in total. The summed E-state index contributed by atoms with van der Waals surface area (Å²) in [6.45, 7) is 0. The van der Waals surface area contributed by atoms with Gasteiger partial charge in [0.2, 0.25) is 0 Å². The number of hydrogen-bond acceptors (Lipinski definition) is 3. The minimum Gasteiger partial charge on any atom is -0.456 e. The van der Waals surface area contributed by atoms with E-state index in [9.17, 15) is 0 Å². The molecule has 0 spiro atoms. The van der Waals surface area contributed by atoms with Crippen molar-refractivity contribution < 1.29 is 4.42 Å². The van der Waals surface area contributed by atoms with Gasteiger partial charge >= 0.3 is 0 Å². The lowest BCUT2D eigenvalue weighted by Gasteiger charge is -2.28. The number of nitrogens with zero attached hydrogens (tertiary/aromatic N) is 1. The Hall–Kier alpha value is -7.72. The van der Waals surface area contributed by atoms with E-state index in [1.165, 1.54) is 64.3 Å². The van der Waals surface area contributed by atoms with E-state index >= 15 is 0 Å². The van der Waals surface area contributed by atoms with Gasteiger partial charge in [-0.3, -0.25) is 0 Å². The molecule has 12 rings (SSSR count). The number of hydrogen-bond donors (Lipinski definition) is 0. The summed E-state index contributed by atoms with van der Waals surface area (Å²) in [6.07, 6.45) is 0. The fourth-order valence-corrected chi connectivity index (χ4v) is 10.2. The van der Waals surface area contributed by atoms with Gasteiger partial charge in [-0.1, -0.05) is 164 Å². The lowest BCUT2D eigenvalue weighted by Crippen LogP contribution is -2.11. The van der Waals surface area contributed by atoms with Crippen LogP contribution < -0.4 is 4.90 Å². The molecule has 10 aromatic carbocycles. The molecule has 0 aliphatic heterocycles. The first-order chi connectivity index (χ1) is 30.2. The predicted molar refractivity (Wildman–Crippen MR) is 261 cm³/mol. The number of para-hydroxylation sites is 2. The smallest absolute Gasteiger partial charge is 0.136 e. The Labute approximate surface area is 357 Å². The Bertz CT molecular complexity index is 3580. The normalized spacial score (nSPS) is 11.6. The predicted octanol–water partition coefficient (Wildman–Crippen LogP) is 17.2. The fourth-order valence-electron chi connectivity index (χ4n) is 9.02. The molecular formula is C58H37NOS. The second kappa shape index (κ2) is 14.5. The summed E-state index contributed by atoms with van der Waals surface area (Å²) in [6, 6.07) is 81.2. The van der Waals surface area contributed by atoms with Gasteiger partial charge in [0.25, 0.3) is 0 Å². The summed E-state index contributed by atoms with van der Waals surface area (Å²) in [5.74, 6) is 0. The van der Waals surface area contributed by atoms with Gasteiger partial charge in [-0.2, -0.15) is 0 Å². The van der Waals surface area contributed by atoms with E-state index in [0.29, 0.717) is 0 Å². The van der Waals surface area contributed by atoms with Crippen LogP contribution in [0.3, 0.4) is 0 Å². The van der Waals surface area contributed by atoms with Gasteiger partial charge in [-0.05, 0) is 105 Å². The average molecular weight is 796 g/mol. The molecule has 0 amide bonds. The van der Waals surface area contributed by atoms with Gasteiger partial charge in [0.15, 0.2) is 0 Å². The molecule has 0 saturated carbocycles. The molecule has 61 heavy (non-hydrogen) atoms. The maximum Gasteiger partial charge on any atom is 0.136 e. The number of anilines is 3. The van der Waals surface area contributed by atoms with Crippen molar-refractivity contribution in [2.24, 2.45) is 0 Å². The largest absolute Gasteiger partial charge is 0.456 e. The first kappa shape index (κ1) is 35.2. The van der Waals surface area contributed by atoms with E-state index < -0.39 is 0 Å². The Morgan fingerprint density at radius 1 is 0.328 bits per heavy atom. The Morgan fingerprint density at radius 3 is 1.62 bits per heavy atom. The summed E-state index contributed by atoms with van der Waals surface area (Å²) in [4.78, 5) is 2.40. The van der Waals surface area contributed by atoms with E-state index in [1.54, 1.807) is 0 Å². The molecule has 0 saturated heterocycles. The van der Waals surface area contributed by atoms with Crippen molar-refractivity contribution in [2.75, 3.05) is 4.90 Å². The third-order valence-corrected chi connectivity index (χ3v) is 13.3. The molecule has 0 radical (unpaired) electrons. The Kier molecular flexibility index (Phi) is 8.39. The summed E-state index contributed by atoms with van der Waals surface area (Å²) < 4.78 is 8.87. The number of furan rings is 1. The zero-order valence-electron chi connectivity index (χ0n) is 33.1. The minimum absolute atomic E-state index is 0.900. The van der Waals surface area contributed by atoms with Crippen LogP contribution in [0.2, 0.25) is 0 Å². The molecule has 0 aliphatic carbocycles. The van der Waals surface area contributed by atoms with Crippen molar-refractivity contribution >= 4 is 81.3 Å². The van der Waals surface area contributed by atoms with Gasteiger partial charge in [0.1, 0.15) is 11.2 Å². The molecule has 286 valence electrons. The maximum atomic E-state index is 6.27. The first-order valence-electron chi connectivity index (χ1n) is 20.7. The van der Waals surface area contributed by atoms with Gasteiger partial charge in [0, 0.05) is 53.4 Å². The molecule has 0 unspecified atom stereocenters. The molecule has 0 atom stereocenters. The van der Waals surface area contributed by atoms with Crippen LogP contribution in [0.15, 0.2) is 229 Å². The average Bonchev–Trinajstić information content (AvgIpc) is 3.91. The molecule has 0 bridgehead atoms. The van der Waals surface area contributed by atoms with Crippen molar-refractivity contribution in [1.29, 1.82) is 0 Å². The summed E-state index contributed by atoms with van der Waals surface area (Å²) in [5.41, 5.74) is 14.6. The highest BCUT2D eigenvalue weighted by Crippen LogP contribution is 2.46. The van der Waals surface area contributed by atoms with Crippen molar-refractivity contribution in [1.82, 2.24) is 0 Å². The monoisotopic (exact) mass is 795 g/mol. The molecule has 12 aromatic rings. The van der Waals surface area contributed by atoms with E-state index in [2.05, 4.69) is 217 Å². The van der Waals surface area contributed by atoms with Crippen LogP contribution in [-0.4, -0.2) is 0 Å². The third-order valence-electron chi connectivity index (χ3n) is 12.1. The van der Waals surface area contributed by atoms with E-state index in [1.807, 2.05) is 23.5 Å². The van der Waals surface area contributed by atoms with Crippen LogP contribution in [0, 0.1) is 0 Å². The zero-order chi connectivity index (χ0) is 40.3. The van der Waals surface area contributed by atoms with Crippen LogP contribution in [0.25, 0.3) is 97.4 Å².